The number of hydrogen-bond acceptors (Lipinski definition) is 6. The van der Waals surface area contributed by atoms with E-state index in [0.29, 0.717) is 35.6 Å². The number of nitrogens with one attached hydrogen (secondary N) is 1. The van der Waals surface area contributed by atoms with Crippen molar-refractivity contribution in [1.29, 1.82) is 0 Å². The number of urea groups is 1. The van der Waals surface area contributed by atoms with Crippen LogP contribution in [0.1, 0.15) is 23.7 Å². The van der Waals surface area contributed by atoms with Crippen LogP contribution in [0.15, 0.2) is 48.8 Å². The SMILES string of the molecule is Cc1ncc(-c2ccc3nc(N)nn3c2)cc1NC(=O)N1OCC[C@H]1c1ccc(F)c(Cl)c1. The molecule has 168 valence electrons. The number of hydroxylamine groups is 2. The van der Waals surface area contributed by atoms with Crippen molar-refractivity contribution in [1.82, 2.24) is 24.6 Å². The van der Waals surface area contributed by atoms with Gasteiger partial charge in [-0.15, -0.1) is 5.10 Å². The highest BCUT2D eigenvalue weighted by Crippen LogP contribution is 2.33. The van der Waals surface area contributed by atoms with Crippen molar-refractivity contribution in [2.24, 2.45) is 0 Å². The average molecular weight is 468 g/mol. The van der Waals surface area contributed by atoms with Crippen LogP contribution in [0, 0.1) is 12.7 Å². The minimum Gasteiger partial charge on any atom is -0.366 e. The van der Waals surface area contributed by atoms with Gasteiger partial charge in [0, 0.05) is 29.9 Å². The molecule has 1 aromatic carbocycles. The molecule has 0 spiro atoms. The normalized spacial score (nSPS) is 15.8. The highest BCUT2D eigenvalue weighted by Gasteiger charge is 2.32. The van der Waals surface area contributed by atoms with Crippen LogP contribution in [0.25, 0.3) is 16.8 Å². The molecular weight excluding hydrogens is 449 g/mol. The second kappa shape index (κ2) is 8.30. The van der Waals surface area contributed by atoms with Crippen LogP contribution in [0.5, 0.6) is 0 Å². The molecule has 0 saturated carbocycles. The molecule has 1 atom stereocenters. The molecule has 3 aromatic heterocycles. The summed E-state index contributed by atoms with van der Waals surface area (Å²) in [6, 6.07) is 9.04. The fourth-order valence-corrected chi connectivity index (χ4v) is 3.94. The molecule has 1 aliphatic rings. The third kappa shape index (κ3) is 4.06. The highest BCUT2D eigenvalue weighted by atomic mass is 35.5. The quantitative estimate of drug-likeness (QED) is 0.462. The van der Waals surface area contributed by atoms with Crippen molar-refractivity contribution in [2.75, 3.05) is 17.7 Å². The van der Waals surface area contributed by atoms with Crippen molar-refractivity contribution in [3.63, 3.8) is 0 Å². The van der Waals surface area contributed by atoms with Crippen LogP contribution in [-0.4, -0.2) is 37.3 Å². The molecule has 4 heterocycles. The number of nitrogens with zero attached hydrogens (tertiary/aromatic N) is 5. The highest BCUT2D eigenvalue weighted by molar-refractivity contribution is 6.30. The Bertz CT molecular complexity index is 1380. The van der Waals surface area contributed by atoms with Crippen molar-refractivity contribution in [3.8, 4) is 11.1 Å². The molecule has 2 amide bonds. The van der Waals surface area contributed by atoms with Crippen molar-refractivity contribution in [2.45, 2.75) is 19.4 Å². The van der Waals surface area contributed by atoms with E-state index in [1.54, 1.807) is 36.0 Å². The fourth-order valence-electron chi connectivity index (χ4n) is 3.75. The number of fused-ring (bicyclic) bond motifs is 1. The summed E-state index contributed by atoms with van der Waals surface area (Å²) in [5.74, 6) is -0.328. The van der Waals surface area contributed by atoms with E-state index in [9.17, 15) is 9.18 Å². The van der Waals surface area contributed by atoms with Crippen LogP contribution in [0.3, 0.4) is 0 Å². The van der Waals surface area contributed by atoms with Gasteiger partial charge in [-0.05, 0) is 42.8 Å². The summed E-state index contributed by atoms with van der Waals surface area (Å²) in [5, 5.41) is 8.24. The molecular formula is C22H19ClFN7O2. The molecule has 0 radical (unpaired) electrons. The van der Waals surface area contributed by atoms with Crippen LogP contribution in [-0.2, 0) is 4.84 Å². The van der Waals surface area contributed by atoms with E-state index in [1.807, 2.05) is 12.1 Å². The predicted octanol–water partition coefficient (Wildman–Crippen LogP) is 4.38. The number of hydrogen-bond donors (Lipinski definition) is 2. The first-order chi connectivity index (χ1) is 15.9. The van der Waals surface area contributed by atoms with Gasteiger partial charge in [-0.25, -0.2) is 13.7 Å². The summed E-state index contributed by atoms with van der Waals surface area (Å²) in [6.07, 6.45) is 4.06. The van der Waals surface area contributed by atoms with Crippen LogP contribution < -0.4 is 11.1 Å². The molecule has 3 N–H and O–H groups in total. The van der Waals surface area contributed by atoms with Gasteiger partial charge in [0.15, 0.2) is 5.65 Å². The van der Waals surface area contributed by atoms with E-state index in [1.165, 1.54) is 17.2 Å². The van der Waals surface area contributed by atoms with Crippen LogP contribution in [0.4, 0.5) is 20.8 Å². The minimum atomic E-state index is -0.513. The minimum absolute atomic E-state index is 0.00129. The zero-order valence-electron chi connectivity index (χ0n) is 17.5. The maximum absolute atomic E-state index is 13.6. The molecule has 1 fully saturated rings. The smallest absolute Gasteiger partial charge is 0.346 e. The number of aryl methyl sites for hydroxylation is 1. The van der Waals surface area contributed by atoms with Gasteiger partial charge in [0.25, 0.3) is 0 Å². The van der Waals surface area contributed by atoms with Gasteiger partial charge in [0.2, 0.25) is 5.95 Å². The van der Waals surface area contributed by atoms with Crippen molar-refractivity contribution in [3.05, 3.63) is 70.9 Å². The summed E-state index contributed by atoms with van der Waals surface area (Å²) in [4.78, 5) is 27.1. The Morgan fingerprint density at radius 2 is 2.12 bits per heavy atom. The summed E-state index contributed by atoms with van der Waals surface area (Å²) >= 11 is 5.92. The number of pyridine rings is 2. The molecule has 5 rings (SSSR count). The first-order valence-corrected chi connectivity index (χ1v) is 10.5. The Morgan fingerprint density at radius 3 is 2.94 bits per heavy atom. The third-order valence-corrected chi connectivity index (χ3v) is 5.73. The number of carbonyl (C=O) groups excluding carboxylic acids is 1. The monoisotopic (exact) mass is 467 g/mol. The van der Waals surface area contributed by atoms with Crippen LogP contribution in [0.2, 0.25) is 5.02 Å². The van der Waals surface area contributed by atoms with E-state index in [0.717, 1.165) is 11.1 Å². The van der Waals surface area contributed by atoms with Gasteiger partial charge in [-0.1, -0.05) is 17.7 Å². The lowest BCUT2D eigenvalue weighted by molar-refractivity contribution is -0.0830. The molecule has 0 unspecified atom stereocenters. The van der Waals surface area contributed by atoms with E-state index in [4.69, 9.17) is 22.2 Å². The number of benzene rings is 1. The molecule has 33 heavy (non-hydrogen) atoms. The summed E-state index contributed by atoms with van der Waals surface area (Å²) in [6.45, 7) is 2.15. The molecule has 9 nitrogen and oxygen atoms in total. The summed E-state index contributed by atoms with van der Waals surface area (Å²) < 4.78 is 15.1. The first-order valence-electron chi connectivity index (χ1n) is 10.2. The maximum Gasteiger partial charge on any atom is 0.346 e. The topological polar surface area (TPSA) is 111 Å². The maximum atomic E-state index is 13.6. The Labute approximate surface area is 192 Å². The van der Waals surface area contributed by atoms with Crippen LogP contribution >= 0.6 is 11.6 Å². The number of aromatic nitrogens is 4. The first kappa shape index (κ1) is 21.1. The zero-order chi connectivity index (χ0) is 23.1. The van der Waals surface area contributed by atoms with Gasteiger partial charge < -0.3 is 11.1 Å². The number of carbonyl (C=O) groups is 1. The summed E-state index contributed by atoms with van der Waals surface area (Å²) in [7, 11) is 0. The van der Waals surface area contributed by atoms with Gasteiger partial charge in [-0.2, -0.15) is 10.0 Å². The lowest BCUT2D eigenvalue weighted by atomic mass is 10.0. The molecule has 0 bridgehead atoms. The zero-order valence-corrected chi connectivity index (χ0v) is 18.3. The third-order valence-electron chi connectivity index (χ3n) is 5.44. The number of amides is 2. The fraction of sp³-hybridized carbons (Fsp3) is 0.182. The molecule has 4 aromatic rings. The Morgan fingerprint density at radius 1 is 1.27 bits per heavy atom. The standard InChI is InChI=1S/C22H19ClFN7O2/c1-12-18(9-15(10-26-12)14-3-5-20-28-21(25)29-30(20)11-14)27-22(32)31-19(6-7-33-31)13-2-4-17(24)16(23)8-13/h2-5,8-11,19H,6-7H2,1H3,(H2,25,29)(H,27,32)/t19-/m0/s1. The largest absolute Gasteiger partial charge is 0.366 e. The molecule has 1 aliphatic heterocycles. The molecule has 11 heteroatoms. The van der Waals surface area contributed by atoms with Gasteiger partial charge in [0.1, 0.15) is 5.82 Å². The molecule has 0 aliphatic carbocycles. The lowest BCUT2D eigenvalue weighted by Gasteiger charge is -2.23. The number of nitrogen functional groups attached to an aromatic ring is 1. The number of rotatable bonds is 3. The van der Waals surface area contributed by atoms with E-state index in [2.05, 4.69) is 20.4 Å². The van der Waals surface area contributed by atoms with Crippen molar-refractivity contribution < 1.29 is 14.0 Å². The Hall–Kier alpha value is -3.76. The second-order valence-electron chi connectivity index (χ2n) is 7.61. The lowest BCUT2D eigenvalue weighted by Crippen LogP contribution is -2.33. The number of anilines is 2. The number of halogens is 2. The Balaban J connectivity index is 1.40. The van der Waals surface area contributed by atoms with E-state index < -0.39 is 11.8 Å². The van der Waals surface area contributed by atoms with Gasteiger partial charge >= 0.3 is 6.03 Å². The average Bonchev–Trinajstić information content (AvgIpc) is 3.42. The Kier molecular flexibility index (Phi) is 5.31. The predicted molar refractivity (Wildman–Crippen MR) is 121 cm³/mol. The number of nitrogens with two attached hydrogens (primary N) is 1. The van der Waals surface area contributed by atoms with E-state index >= 15 is 0 Å². The van der Waals surface area contributed by atoms with Gasteiger partial charge in [0.05, 0.1) is 29.1 Å². The summed E-state index contributed by atoms with van der Waals surface area (Å²) in [5.41, 5.74) is 9.75. The van der Waals surface area contributed by atoms with Crippen molar-refractivity contribution >= 4 is 34.9 Å². The second-order valence-corrected chi connectivity index (χ2v) is 8.02. The van der Waals surface area contributed by atoms with E-state index in [-0.39, 0.29) is 17.0 Å². The molecule has 1 saturated heterocycles. The van der Waals surface area contributed by atoms with Gasteiger partial charge in [-0.3, -0.25) is 9.82 Å².